The van der Waals surface area contributed by atoms with Crippen LogP contribution in [0.4, 0.5) is 18.0 Å². The van der Waals surface area contributed by atoms with Gasteiger partial charge < -0.3 is 14.8 Å². The van der Waals surface area contributed by atoms with Crippen molar-refractivity contribution in [2.24, 2.45) is 0 Å². The number of nitrogens with one attached hydrogen (secondary N) is 1. The van der Waals surface area contributed by atoms with Crippen LogP contribution in [-0.2, 0) is 15.7 Å². The van der Waals surface area contributed by atoms with E-state index in [0.717, 1.165) is 19.2 Å². The molecule has 146 valence electrons. The van der Waals surface area contributed by atoms with Crippen molar-refractivity contribution in [1.29, 1.82) is 0 Å². The predicted octanol–water partition coefficient (Wildman–Crippen LogP) is 4.31. The Balaban J connectivity index is 2.78. The molecule has 7 nitrogen and oxygen atoms in total. The van der Waals surface area contributed by atoms with E-state index >= 15 is 0 Å². The van der Waals surface area contributed by atoms with E-state index in [-0.39, 0.29) is 29.1 Å². The molecule has 1 aromatic carbocycles. The summed E-state index contributed by atoms with van der Waals surface area (Å²) in [6.07, 6.45) is -5.77. The average Bonchev–Trinajstić information content (AvgIpc) is 2.61. The van der Waals surface area contributed by atoms with Gasteiger partial charge in [-0.2, -0.15) is 13.2 Å². The highest BCUT2D eigenvalue weighted by molar-refractivity contribution is 5.62. The second-order valence-corrected chi connectivity index (χ2v) is 5.66. The Bertz CT molecular complexity index is 830. The maximum atomic E-state index is 13.5. The van der Waals surface area contributed by atoms with Crippen molar-refractivity contribution in [2.45, 2.75) is 32.4 Å². The number of hydrogen-bond acceptors (Lipinski definition) is 6. The van der Waals surface area contributed by atoms with Crippen LogP contribution in [0.3, 0.4) is 0 Å². The van der Waals surface area contributed by atoms with Crippen LogP contribution >= 0.6 is 0 Å². The number of rotatable bonds is 4. The first-order valence-corrected chi connectivity index (χ1v) is 7.88. The van der Waals surface area contributed by atoms with Crippen LogP contribution < -0.4 is 5.32 Å². The average molecular weight is 386 g/mol. The molecule has 0 spiro atoms. The highest BCUT2D eigenvalue weighted by atomic mass is 19.4. The van der Waals surface area contributed by atoms with Crippen LogP contribution in [0.15, 0.2) is 47.1 Å². The van der Waals surface area contributed by atoms with E-state index in [0.29, 0.717) is 0 Å². The zero-order valence-corrected chi connectivity index (χ0v) is 14.7. The van der Waals surface area contributed by atoms with E-state index in [9.17, 15) is 28.1 Å². The van der Waals surface area contributed by atoms with Crippen LogP contribution in [-0.4, -0.2) is 18.2 Å². The quantitative estimate of drug-likeness (QED) is 0.471. The van der Waals surface area contributed by atoms with Crippen molar-refractivity contribution in [3.05, 3.63) is 68.4 Å². The first kappa shape index (κ1) is 20.3. The third kappa shape index (κ3) is 4.04. The Hall–Kier alpha value is -3.04. The molecule has 1 unspecified atom stereocenters. The Morgan fingerprint density at radius 1 is 1.33 bits per heavy atom. The molecule has 0 aliphatic carbocycles. The smallest absolute Gasteiger partial charge is 0.437 e. The summed E-state index contributed by atoms with van der Waals surface area (Å²) in [6.45, 7) is 3.08. The second-order valence-electron chi connectivity index (χ2n) is 5.66. The van der Waals surface area contributed by atoms with E-state index < -0.39 is 34.4 Å². The lowest BCUT2D eigenvalue weighted by Gasteiger charge is -2.28. The molecule has 10 heteroatoms. The van der Waals surface area contributed by atoms with Gasteiger partial charge in [0.05, 0.1) is 29.0 Å². The number of methoxy groups -OCH3 is 1. The van der Waals surface area contributed by atoms with Gasteiger partial charge >= 0.3 is 12.3 Å². The largest absolute Gasteiger partial charge is 0.513 e. The van der Waals surface area contributed by atoms with Gasteiger partial charge in [0.2, 0.25) is 0 Å². The number of benzene rings is 1. The molecule has 0 saturated heterocycles. The number of nitro groups is 1. The molecule has 1 heterocycles. The first-order valence-electron chi connectivity index (χ1n) is 7.88. The number of ether oxygens (including phenoxy) is 2. The SMILES string of the molecule is CCC1=C([N+](=O)[O-])C(c2ccccc2C(F)(F)F)C(OC(=O)OC)=C(C)N1. The fourth-order valence-corrected chi connectivity index (χ4v) is 2.91. The van der Waals surface area contributed by atoms with Crippen molar-refractivity contribution < 1.29 is 32.4 Å². The minimum Gasteiger partial charge on any atom is -0.437 e. The summed E-state index contributed by atoms with van der Waals surface area (Å²) in [5.74, 6) is -1.85. The van der Waals surface area contributed by atoms with E-state index in [1.807, 2.05) is 0 Å². The number of allylic oxidation sites excluding steroid dienone is 2. The predicted molar refractivity (Wildman–Crippen MR) is 87.8 cm³/mol. The molecule has 1 N–H and O–H groups in total. The minimum absolute atomic E-state index is 0.136. The lowest BCUT2D eigenvalue weighted by atomic mass is 9.85. The fraction of sp³-hybridized carbons (Fsp3) is 0.353. The van der Waals surface area contributed by atoms with Crippen LogP contribution in [0.2, 0.25) is 0 Å². The maximum absolute atomic E-state index is 13.5. The van der Waals surface area contributed by atoms with Gasteiger partial charge in [0.15, 0.2) is 0 Å². The Morgan fingerprint density at radius 2 is 1.96 bits per heavy atom. The van der Waals surface area contributed by atoms with Gasteiger partial charge in [0.25, 0.3) is 5.70 Å². The number of carbonyl (C=O) groups is 1. The lowest BCUT2D eigenvalue weighted by Crippen LogP contribution is -2.31. The number of alkyl halides is 3. The van der Waals surface area contributed by atoms with Crippen LogP contribution in [0.1, 0.15) is 37.3 Å². The van der Waals surface area contributed by atoms with Crippen molar-refractivity contribution in [2.75, 3.05) is 7.11 Å². The maximum Gasteiger partial charge on any atom is 0.513 e. The molecule has 1 atom stereocenters. The van der Waals surface area contributed by atoms with Gasteiger partial charge in [-0.3, -0.25) is 10.1 Å². The topological polar surface area (TPSA) is 90.7 Å². The fourth-order valence-electron chi connectivity index (χ4n) is 2.91. The number of hydrogen-bond donors (Lipinski definition) is 1. The third-order valence-electron chi connectivity index (χ3n) is 4.04. The summed E-state index contributed by atoms with van der Waals surface area (Å²) < 4.78 is 50.0. The van der Waals surface area contributed by atoms with Crippen LogP contribution in [0, 0.1) is 10.1 Å². The molecule has 1 aliphatic heterocycles. The molecule has 2 rings (SSSR count). The molecule has 0 fully saturated rings. The number of dihydropyridines is 1. The first-order chi connectivity index (χ1) is 12.6. The van der Waals surface area contributed by atoms with Crippen LogP contribution in [0.5, 0.6) is 0 Å². The van der Waals surface area contributed by atoms with Crippen molar-refractivity contribution >= 4 is 6.16 Å². The van der Waals surface area contributed by atoms with Gasteiger partial charge in [-0.1, -0.05) is 25.1 Å². The third-order valence-corrected chi connectivity index (χ3v) is 4.04. The molecular formula is C17H17F3N2O5. The number of carbonyl (C=O) groups excluding carboxylic acids is 1. The standard InChI is InChI=1S/C17H17F3N2O5/c1-4-12-14(22(24)25)13(15(9(2)21-12)27-16(23)26-3)10-7-5-6-8-11(10)17(18,19)20/h5-8,13,21H,4H2,1-3H3. The molecule has 0 radical (unpaired) electrons. The molecular weight excluding hydrogens is 369 g/mol. The Labute approximate surface area is 152 Å². The van der Waals surface area contributed by atoms with Crippen molar-refractivity contribution in [3.8, 4) is 0 Å². The highest BCUT2D eigenvalue weighted by Gasteiger charge is 2.45. The second kappa shape index (κ2) is 7.68. The molecule has 0 bridgehead atoms. The van der Waals surface area contributed by atoms with Crippen molar-refractivity contribution in [1.82, 2.24) is 5.32 Å². The van der Waals surface area contributed by atoms with Gasteiger partial charge in [-0.15, -0.1) is 0 Å². The summed E-state index contributed by atoms with van der Waals surface area (Å²) in [7, 11) is 1.02. The monoisotopic (exact) mass is 386 g/mol. The van der Waals surface area contributed by atoms with Gasteiger partial charge in [0, 0.05) is 0 Å². The summed E-state index contributed by atoms with van der Waals surface area (Å²) >= 11 is 0. The molecule has 1 aromatic rings. The molecule has 27 heavy (non-hydrogen) atoms. The van der Waals surface area contributed by atoms with Crippen LogP contribution in [0.25, 0.3) is 0 Å². The van der Waals surface area contributed by atoms with Gasteiger partial charge in [-0.25, -0.2) is 4.79 Å². The Morgan fingerprint density at radius 3 is 2.48 bits per heavy atom. The summed E-state index contributed by atoms with van der Waals surface area (Å²) in [6, 6.07) is 4.47. The summed E-state index contributed by atoms with van der Waals surface area (Å²) in [5.41, 5.74) is -1.63. The lowest BCUT2D eigenvalue weighted by molar-refractivity contribution is -0.431. The van der Waals surface area contributed by atoms with Gasteiger partial charge in [-0.05, 0) is 25.0 Å². The zero-order chi connectivity index (χ0) is 20.4. The molecule has 1 aliphatic rings. The van der Waals surface area contributed by atoms with E-state index in [1.165, 1.54) is 19.1 Å². The summed E-state index contributed by atoms with van der Waals surface area (Å²) in [5, 5.41) is 14.4. The zero-order valence-electron chi connectivity index (χ0n) is 14.7. The van der Waals surface area contributed by atoms with E-state index in [4.69, 9.17) is 4.74 Å². The normalized spacial score (nSPS) is 17.5. The highest BCUT2D eigenvalue weighted by Crippen LogP contribution is 2.44. The van der Waals surface area contributed by atoms with E-state index in [1.54, 1.807) is 6.92 Å². The molecule has 0 saturated carbocycles. The molecule has 0 aromatic heterocycles. The number of nitrogens with zero attached hydrogens (tertiary/aromatic N) is 1. The van der Waals surface area contributed by atoms with Gasteiger partial charge in [0.1, 0.15) is 11.7 Å². The Kier molecular flexibility index (Phi) is 5.77. The van der Waals surface area contributed by atoms with Crippen molar-refractivity contribution in [3.63, 3.8) is 0 Å². The summed E-state index contributed by atoms with van der Waals surface area (Å²) in [4.78, 5) is 22.5. The number of halogens is 3. The van der Waals surface area contributed by atoms with E-state index in [2.05, 4.69) is 10.1 Å². The molecule has 0 amide bonds. The minimum atomic E-state index is -4.75.